The van der Waals surface area contributed by atoms with E-state index in [4.69, 9.17) is 17.3 Å². The summed E-state index contributed by atoms with van der Waals surface area (Å²) in [4.78, 5) is 0. The fourth-order valence-corrected chi connectivity index (χ4v) is 6.59. The van der Waals surface area contributed by atoms with E-state index < -0.39 is 10.0 Å². The zero-order valence-electron chi connectivity index (χ0n) is 13.5. The molecule has 0 spiro atoms. The van der Waals surface area contributed by atoms with E-state index in [0.29, 0.717) is 12.5 Å². The first kappa shape index (κ1) is 18.5. The van der Waals surface area contributed by atoms with E-state index in [1.54, 1.807) is 0 Å². The van der Waals surface area contributed by atoms with Crippen LogP contribution in [-0.2, 0) is 10.0 Å². The molecule has 130 valence electrons. The zero-order chi connectivity index (χ0) is 16.0. The lowest BCUT2D eigenvalue weighted by Gasteiger charge is -2.43. The van der Waals surface area contributed by atoms with Gasteiger partial charge < -0.3 is 5.73 Å². The van der Waals surface area contributed by atoms with Crippen LogP contribution in [0.1, 0.15) is 64.2 Å². The molecule has 2 aliphatic rings. The molecule has 6 heteroatoms. The summed E-state index contributed by atoms with van der Waals surface area (Å²) in [6.07, 6.45) is 10.1. The highest BCUT2D eigenvalue weighted by atomic mass is 35.5. The number of halogens is 1. The third kappa shape index (κ3) is 4.83. The molecule has 22 heavy (non-hydrogen) atoms. The van der Waals surface area contributed by atoms with E-state index in [0.717, 1.165) is 70.8 Å². The third-order valence-electron chi connectivity index (χ3n) is 5.37. The molecule has 0 saturated heterocycles. The average molecular weight is 351 g/mol. The fourth-order valence-electron chi connectivity index (χ4n) is 4.20. The number of rotatable bonds is 8. The molecule has 4 atom stereocenters. The number of sulfonamides is 1. The Bertz CT molecular complexity index is 430. The summed E-state index contributed by atoms with van der Waals surface area (Å²) in [7, 11) is -3.20. The number of alkyl halides is 1. The Morgan fingerprint density at radius 3 is 2.41 bits per heavy atom. The maximum atomic E-state index is 12.7. The highest BCUT2D eigenvalue weighted by Gasteiger charge is 2.44. The number of nitrogens with two attached hydrogens (primary N) is 1. The van der Waals surface area contributed by atoms with Gasteiger partial charge in [-0.2, -0.15) is 0 Å². The lowest BCUT2D eigenvalue weighted by Crippen LogP contribution is -2.47. The lowest BCUT2D eigenvalue weighted by atomic mass is 9.70. The van der Waals surface area contributed by atoms with Gasteiger partial charge in [0.05, 0.1) is 5.25 Å². The van der Waals surface area contributed by atoms with Crippen molar-refractivity contribution < 1.29 is 8.42 Å². The first-order valence-electron chi connectivity index (χ1n) is 8.89. The Morgan fingerprint density at radius 2 is 1.64 bits per heavy atom. The normalized spacial score (nSPS) is 32.6. The first-order valence-corrected chi connectivity index (χ1v) is 10.9. The second-order valence-corrected chi connectivity index (χ2v) is 9.43. The quantitative estimate of drug-likeness (QED) is 0.522. The smallest absolute Gasteiger partial charge is 0.214 e. The maximum absolute atomic E-state index is 12.7. The number of nitrogens with one attached hydrogen (secondary N) is 1. The van der Waals surface area contributed by atoms with Gasteiger partial charge in [-0.05, 0) is 56.9 Å². The van der Waals surface area contributed by atoms with E-state index in [1.165, 1.54) is 0 Å². The number of hydrogen-bond acceptors (Lipinski definition) is 3. The standard InChI is InChI=1S/C16H31ClN2O2S/c17-15-9-5-8-14-13(15)7-6-10-16(14)22(20,21)19-12-4-2-1-3-11-18/h13-16,19H,1-12,18H2. The van der Waals surface area contributed by atoms with E-state index in [1.807, 2.05) is 0 Å². The topological polar surface area (TPSA) is 72.2 Å². The number of fused-ring (bicyclic) bond motifs is 1. The average Bonchev–Trinajstić information content (AvgIpc) is 2.50. The van der Waals surface area contributed by atoms with Crippen LogP contribution in [0.4, 0.5) is 0 Å². The molecule has 0 bridgehead atoms. The predicted octanol–water partition coefficient (Wildman–Crippen LogP) is 3.00. The Morgan fingerprint density at radius 1 is 0.955 bits per heavy atom. The van der Waals surface area contributed by atoms with Crippen LogP contribution in [0.15, 0.2) is 0 Å². The van der Waals surface area contributed by atoms with Crippen molar-refractivity contribution >= 4 is 21.6 Å². The second-order valence-electron chi connectivity index (χ2n) is 6.89. The first-order chi connectivity index (χ1) is 10.6. The minimum Gasteiger partial charge on any atom is -0.330 e. The van der Waals surface area contributed by atoms with Gasteiger partial charge in [-0.3, -0.25) is 0 Å². The van der Waals surface area contributed by atoms with E-state index in [9.17, 15) is 8.42 Å². The van der Waals surface area contributed by atoms with Crippen LogP contribution in [0.2, 0.25) is 0 Å². The van der Waals surface area contributed by atoms with Gasteiger partial charge in [-0.1, -0.05) is 25.7 Å². The SMILES string of the molecule is NCCCCCCNS(=O)(=O)C1CCCC2C(Cl)CCCC21. The van der Waals surface area contributed by atoms with Gasteiger partial charge in [0.15, 0.2) is 0 Å². The van der Waals surface area contributed by atoms with E-state index in [-0.39, 0.29) is 16.5 Å². The van der Waals surface area contributed by atoms with Crippen molar-refractivity contribution in [3.05, 3.63) is 0 Å². The summed E-state index contributed by atoms with van der Waals surface area (Å²) in [5.74, 6) is 0.662. The molecule has 0 aromatic rings. The van der Waals surface area contributed by atoms with Crippen molar-refractivity contribution in [3.8, 4) is 0 Å². The second kappa shape index (κ2) is 8.86. The Labute approximate surface area is 140 Å². The molecular weight excluding hydrogens is 320 g/mol. The molecule has 0 amide bonds. The monoisotopic (exact) mass is 350 g/mol. The highest BCUT2D eigenvalue weighted by Crippen LogP contribution is 2.44. The van der Waals surface area contributed by atoms with Crippen LogP contribution in [0, 0.1) is 11.8 Å². The van der Waals surface area contributed by atoms with Crippen molar-refractivity contribution in [2.45, 2.75) is 74.8 Å². The predicted molar refractivity (Wildman–Crippen MR) is 92.6 cm³/mol. The van der Waals surface area contributed by atoms with Gasteiger partial charge in [0.2, 0.25) is 10.0 Å². The maximum Gasteiger partial charge on any atom is 0.214 e. The van der Waals surface area contributed by atoms with Crippen molar-refractivity contribution in [2.24, 2.45) is 17.6 Å². The third-order valence-corrected chi connectivity index (χ3v) is 7.90. The Hall–Kier alpha value is 0.160. The molecule has 0 heterocycles. The van der Waals surface area contributed by atoms with Crippen LogP contribution in [-0.4, -0.2) is 32.1 Å². The molecule has 2 rings (SSSR count). The lowest BCUT2D eigenvalue weighted by molar-refractivity contribution is 0.178. The van der Waals surface area contributed by atoms with Crippen molar-refractivity contribution in [3.63, 3.8) is 0 Å². The summed E-state index contributed by atoms with van der Waals surface area (Å²) in [5.41, 5.74) is 5.46. The number of hydrogen-bond donors (Lipinski definition) is 2. The van der Waals surface area contributed by atoms with E-state index >= 15 is 0 Å². The molecule has 3 N–H and O–H groups in total. The Balaban J connectivity index is 1.85. The summed E-state index contributed by atoms with van der Waals surface area (Å²) < 4.78 is 28.2. The molecule has 2 fully saturated rings. The molecule has 0 aromatic heterocycles. The van der Waals surface area contributed by atoms with Gasteiger partial charge >= 0.3 is 0 Å². The Kier molecular flexibility index (Phi) is 7.45. The van der Waals surface area contributed by atoms with Crippen LogP contribution in [0.5, 0.6) is 0 Å². The molecule has 2 saturated carbocycles. The van der Waals surface area contributed by atoms with Gasteiger partial charge in [0.1, 0.15) is 0 Å². The van der Waals surface area contributed by atoms with E-state index in [2.05, 4.69) is 4.72 Å². The van der Waals surface area contributed by atoms with Crippen LogP contribution >= 0.6 is 11.6 Å². The highest BCUT2D eigenvalue weighted by molar-refractivity contribution is 7.90. The molecular formula is C16H31ClN2O2S. The van der Waals surface area contributed by atoms with Crippen molar-refractivity contribution in [1.82, 2.24) is 4.72 Å². The summed E-state index contributed by atoms with van der Waals surface area (Å²) >= 11 is 6.46. The van der Waals surface area contributed by atoms with Crippen LogP contribution < -0.4 is 10.5 Å². The minimum atomic E-state index is -3.20. The van der Waals surface area contributed by atoms with Gasteiger partial charge in [0.25, 0.3) is 0 Å². The molecule has 4 unspecified atom stereocenters. The summed E-state index contributed by atoms with van der Waals surface area (Å²) in [6, 6.07) is 0. The van der Waals surface area contributed by atoms with Gasteiger partial charge in [0, 0.05) is 11.9 Å². The summed E-state index contributed by atoms with van der Waals surface area (Å²) in [5, 5.41) is -0.0511. The largest absolute Gasteiger partial charge is 0.330 e. The molecule has 4 nitrogen and oxygen atoms in total. The number of unbranched alkanes of at least 4 members (excludes halogenated alkanes) is 3. The molecule has 2 aliphatic carbocycles. The van der Waals surface area contributed by atoms with Crippen LogP contribution in [0.3, 0.4) is 0 Å². The zero-order valence-corrected chi connectivity index (χ0v) is 15.0. The summed E-state index contributed by atoms with van der Waals surface area (Å²) in [6.45, 7) is 1.28. The van der Waals surface area contributed by atoms with Crippen molar-refractivity contribution in [1.29, 1.82) is 0 Å². The van der Waals surface area contributed by atoms with Crippen LogP contribution in [0.25, 0.3) is 0 Å². The van der Waals surface area contributed by atoms with Crippen molar-refractivity contribution in [2.75, 3.05) is 13.1 Å². The molecule has 0 aromatic carbocycles. The molecule has 0 aliphatic heterocycles. The van der Waals surface area contributed by atoms with Gasteiger partial charge in [-0.25, -0.2) is 13.1 Å². The minimum absolute atomic E-state index is 0.174. The molecule has 0 radical (unpaired) electrons. The fraction of sp³-hybridized carbons (Fsp3) is 1.00. The van der Waals surface area contributed by atoms with Gasteiger partial charge in [-0.15, -0.1) is 11.6 Å².